The lowest BCUT2D eigenvalue weighted by molar-refractivity contribution is 0.0722. The van der Waals surface area contributed by atoms with E-state index in [4.69, 9.17) is 19.9 Å². The van der Waals surface area contributed by atoms with Gasteiger partial charge in [-0.3, -0.25) is 0 Å². The molecular weight excluding hydrogens is 815 g/mol. The molecule has 0 amide bonds. The number of nitrogen functional groups attached to an aromatic ring is 1. The molecule has 0 aliphatic heterocycles. The van der Waals surface area contributed by atoms with Gasteiger partial charge >= 0.3 is 17.9 Å². The number of azo groups is 1. The molecule has 0 fully saturated rings. The highest BCUT2D eigenvalue weighted by Crippen LogP contribution is 2.41. The van der Waals surface area contributed by atoms with Crippen molar-refractivity contribution in [2.75, 3.05) is 5.73 Å². The first kappa shape index (κ1) is 41.7. The standard InChI is InChI=1S/C55H41N3O7/c56-46-25-27-47(28-26-46)57-58-48-33-44-31-42-23-11-21-40(51(42)64-54(61)36-15-6-2-7-16-36)29-38-19-10-20-39(50(38)63-53(60)35-13-4-1-5-14-35)30-41-22-12-24-43(32-45(34-48)49(44)59)52(41)65-55(62)37-17-8-3-9-18-37/h1-28,33-34,59H,29-32,56H2. The third-order valence-corrected chi connectivity index (χ3v) is 11.1. The number of carbonyl (C=O) groups is 3. The second kappa shape index (κ2) is 18.8. The second-order valence-corrected chi connectivity index (χ2v) is 15.6. The molecule has 0 atom stereocenters. The summed E-state index contributed by atoms with van der Waals surface area (Å²) in [6.07, 6.45) is 0.584. The first-order valence-corrected chi connectivity index (χ1v) is 21.0. The second-order valence-electron chi connectivity index (χ2n) is 15.6. The third kappa shape index (κ3) is 9.57. The molecule has 0 spiro atoms. The van der Waals surface area contributed by atoms with Crippen LogP contribution in [0, 0.1) is 0 Å². The van der Waals surface area contributed by atoms with Crippen molar-refractivity contribution in [1.29, 1.82) is 0 Å². The number of carbonyl (C=O) groups excluding carboxylic acids is 3. The predicted molar refractivity (Wildman–Crippen MR) is 248 cm³/mol. The number of benzene rings is 8. The average molecular weight is 856 g/mol. The van der Waals surface area contributed by atoms with Crippen molar-refractivity contribution in [3.8, 4) is 23.0 Å². The molecule has 8 aromatic rings. The van der Waals surface area contributed by atoms with Gasteiger partial charge in [-0.1, -0.05) is 109 Å². The zero-order valence-corrected chi connectivity index (χ0v) is 35.0. The number of rotatable bonds is 8. The molecule has 9 rings (SSSR count). The SMILES string of the molecule is Nc1ccc(N=Nc2cc3c(O)c(c2)Cc2cccc(c2OC(=O)c2ccccc2)Cc2cccc(c2OC(=O)c2ccccc2)Cc2cccc(c2OC(=O)c2ccccc2)C3)cc1. The van der Waals surface area contributed by atoms with Crippen LogP contribution in [0.25, 0.3) is 0 Å². The van der Waals surface area contributed by atoms with Crippen molar-refractivity contribution in [2.24, 2.45) is 10.2 Å². The Kier molecular flexibility index (Phi) is 12.0. The molecule has 10 heteroatoms. The summed E-state index contributed by atoms with van der Waals surface area (Å²) < 4.78 is 19.0. The first-order valence-electron chi connectivity index (χ1n) is 21.0. The first-order chi connectivity index (χ1) is 31.8. The monoisotopic (exact) mass is 855 g/mol. The maximum absolute atomic E-state index is 13.9. The summed E-state index contributed by atoms with van der Waals surface area (Å²) in [4.78, 5) is 41.7. The molecule has 0 radical (unpaired) electrons. The van der Waals surface area contributed by atoms with Gasteiger partial charge in [0.05, 0.1) is 28.1 Å². The smallest absolute Gasteiger partial charge is 0.343 e. The van der Waals surface area contributed by atoms with Crippen molar-refractivity contribution in [3.05, 3.63) is 243 Å². The Morgan fingerprint density at radius 1 is 0.385 bits per heavy atom. The average Bonchev–Trinajstić information content (AvgIpc) is 3.33. The van der Waals surface area contributed by atoms with E-state index in [2.05, 4.69) is 10.2 Å². The van der Waals surface area contributed by atoms with E-state index in [9.17, 15) is 19.5 Å². The Hall–Kier alpha value is -8.63. The Balaban J connectivity index is 1.24. The van der Waals surface area contributed by atoms with Crippen LogP contribution in [-0.4, -0.2) is 23.0 Å². The largest absolute Gasteiger partial charge is 0.507 e. The maximum Gasteiger partial charge on any atom is 0.343 e. The van der Waals surface area contributed by atoms with E-state index in [-0.39, 0.29) is 31.4 Å². The van der Waals surface area contributed by atoms with Crippen LogP contribution >= 0.6 is 0 Å². The van der Waals surface area contributed by atoms with E-state index in [1.807, 2.05) is 72.8 Å². The molecule has 318 valence electrons. The highest BCUT2D eigenvalue weighted by molar-refractivity contribution is 5.93. The molecule has 65 heavy (non-hydrogen) atoms. The van der Waals surface area contributed by atoms with Crippen LogP contribution in [0.1, 0.15) is 75.6 Å². The minimum atomic E-state index is -0.565. The van der Waals surface area contributed by atoms with E-state index in [1.165, 1.54) is 0 Å². The predicted octanol–water partition coefficient (Wildman–Crippen LogP) is 11.7. The molecule has 10 nitrogen and oxygen atoms in total. The number of fused-ring (bicyclic) bond motifs is 8. The van der Waals surface area contributed by atoms with Gasteiger partial charge < -0.3 is 25.1 Å². The molecule has 0 unspecified atom stereocenters. The molecule has 1 aliphatic rings. The van der Waals surface area contributed by atoms with Crippen LogP contribution in [0.15, 0.2) is 192 Å². The van der Waals surface area contributed by atoms with Gasteiger partial charge in [0.25, 0.3) is 0 Å². The lowest BCUT2D eigenvalue weighted by Gasteiger charge is -2.21. The third-order valence-electron chi connectivity index (χ3n) is 11.1. The summed E-state index contributed by atoms with van der Waals surface area (Å²) in [6, 6.07) is 53.4. The molecular formula is C55H41N3O7. The topological polar surface area (TPSA) is 150 Å². The number of phenolic OH excluding ortho intramolecular Hbond substituents is 1. The van der Waals surface area contributed by atoms with E-state index in [0.29, 0.717) is 95.5 Å². The molecule has 3 N–H and O–H groups in total. The highest BCUT2D eigenvalue weighted by Gasteiger charge is 2.25. The van der Waals surface area contributed by atoms with E-state index >= 15 is 0 Å². The van der Waals surface area contributed by atoms with Crippen LogP contribution in [-0.2, 0) is 25.7 Å². The van der Waals surface area contributed by atoms with Crippen molar-refractivity contribution in [3.63, 3.8) is 0 Å². The van der Waals surface area contributed by atoms with E-state index in [0.717, 1.165) is 0 Å². The van der Waals surface area contributed by atoms with Crippen LogP contribution in [0.3, 0.4) is 0 Å². The molecule has 0 saturated carbocycles. The van der Waals surface area contributed by atoms with Gasteiger partial charge in [0.15, 0.2) is 0 Å². The zero-order valence-electron chi connectivity index (χ0n) is 35.0. The number of aromatic hydroxyl groups is 1. The molecule has 8 aromatic carbocycles. The van der Waals surface area contributed by atoms with Crippen LogP contribution in [0.5, 0.6) is 23.0 Å². The number of para-hydroxylation sites is 3. The summed E-state index contributed by atoms with van der Waals surface area (Å²) >= 11 is 0. The summed E-state index contributed by atoms with van der Waals surface area (Å²) in [5.74, 6) is -0.774. The Morgan fingerprint density at radius 2 is 0.692 bits per heavy atom. The number of ether oxygens (including phenoxy) is 3. The maximum atomic E-state index is 13.9. The highest BCUT2D eigenvalue weighted by atomic mass is 16.5. The van der Waals surface area contributed by atoms with Gasteiger partial charge in [0.2, 0.25) is 0 Å². The van der Waals surface area contributed by atoms with E-state index < -0.39 is 17.9 Å². The number of anilines is 1. The molecule has 8 bridgehead atoms. The number of hydrogen-bond acceptors (Lipinski definition) is 10. The molecule has 0 saturated heterocycles. The number of esters is 3. The minimum absolute atomic E-state index is 0.0136. The fourth-order valence-corrected chi connectivity index (χ4v) is 7.87. The molecule has 1 aliphatic carbocycles. The van der Waals surface area contributed by atoms with Gasteiger partial charge in [0, 0.05) is 42.5 Å². The van der Waals surface area contributed by atoms with Crippen molar-refractivity contribution >= 4 is 35.0 Å². The fraction of sp³-hybridized carbons (Fsp3) is 0.0727. The summed E-state index contributed by atoms with van der Waals surface area (Å²) in [7, 11) is 0. The molecule has 0 aromatic heterocycles. The summed E-state index contributed by atoms with van der Waals surface area (Å²) in [5, 5.41) is 21.3. The van der Waals surface area contributed by atoms with Crippen LogP contribution in [0.2, 0.25) is 0 Å². The van der Waals surface area contributed by atoms with Crippen molar-refractivity contribution in [1.82, 2.24) is 0 Å². The van der Waals surface area contributed by atoms with Crippen LogP contribution in [0.4, 0.5) is 17.1 Å². The van der Waals surface area contributed by atoms with Crippen molar-refractivity contribution in [2.45, 2.75) is 25.7 Å². The number of phenols is 1. The van der Waals surface area contributed by atoms with Crippen LogP contribution < -0.4 is 19.9 Å². The van der Waals surface area contributed by atoms with Gasteiger partial charge in [-0.25, -0.2) is 14.4 Å². The van der Waals surface area contributed by atoms with Gasteiger partial charge in [-0.2, -0.15) is 10.2 Å². The Labute approximate surface area is 375 Å². The van der Waals surface area contributed by atoms with Gasteiger partial charge in [-0.05, 0) is 106 Å². The zero-order chi connectivity index (χ0) is 44.7. The Morgan fingerprint density at radius 3 is 1.03 bits per heavy atom. The lowest BCUT2D eigenvalue weighted by Crippen LogP contribution is -2.14. The lowest BCUT2D eigenvalue weighted by atomic mass is 9.91. The molecule has 0 heterocycles. The quantitative estimate of drug-likeness (QED) is 0.0664. The number of hydrogen-bond donors (Lipinski definition) is 2. The van der Waals surface area contributed by atoms with Gasteiger partial charge in [-0.15, -0.1) is 0 Å². The summed E-state index contributed by atoms with van der Waals surface area (Å²) in [6.45, 7) is 0. The van der Waals surface area contributed by atoms with Crippen molar-refractivity contribution < 1.29 is 33.7 Å². The number of nitrogens with zero attached hydrogens (tertiary/aromatic N) is 2. The summed E-state index contributed by atoms with van der Waals surface area (Å²) in [5.41, 5.74) is 13.3. The normalized spacial score (nSPS) is 12.0. The fourth-order valence-electron chi connectivity index (χ4n) is 7.87. The minimum Gasteiger partial charge on any atom is -0.507 e. The van der Waals surface area contributed by atoms with Gasteiger partial charge in [0.1, 0.15) is 23.0 Å². The van der Waals surface area contributed by atoms with E-state index in [1.54, 1.807) is 109 Å². The number of nitrogens with two attached hydrogens (primary N) is 1. The Bertz CT molecular complexity index is 2930.